The van der Waals surface area contributed by atoms with Crippen LogP contribution < -0.4 is 0 Å². The van der Waals surface area contributed by atoms with Crippen LogP contribution in [0.4, 0.5) is 0 Å². The molecule has 1 aliphatic rings. The summed E-state index contributed by atoms with van der Waals surface area (Å²) >= 11 is 5.97. The average Bonchev–Trinajstić information content (AvgIpc) is 3.16. The van der Waals surface area contributed by atoms with Gasteiger partial charge in [-0.3, -0.25) is 0 Å². The topological polar surface area (TPSA) is 35.6 Å². The predicted octanol–water partition coefficient (Wildman–Crippen LogP) is 3.92. The molecule has 0 atom stereocenters. The first-order chi connectivity index (χ1) is 10.2. The molecule has 0 radical (unpaired) electrons. The van der Waals surface area contributed by atoms with Gasteiger partial charge in [0.25, 0.3) is 0 Å². The van der Waals surface area contributed by atoms with Crippen LogP contribution in [0.3, 0.4) is 0 Å². The standard InChI is InChI=1S/C16H25ClN4/c1-3-21-16-15(12(2)19-21)18-14(8-10-17)20(16)11-9-13-6-4-5-7-13/h13H,3-11H2,1-2H3. The van der Waals surface area contributed by atoms with Crippen LogP contribution in [0.15, 0.2) is 0 Å². The second kappa shape index (κ2) is 6.39. The maximum Gasteiger partial charge on any atom is 0.158 e. The highest BCUT2D eigenvalue weighted by Crippen LogP contribution is 2.29. The highest BCUT2D eigenvalue weighted by molar-refractivity contribution is 6.17. The normalized spacial score (nSPS) is 16.3. The summed E-state index contributed by atoms with van der Waals surface area (Å²) in [5.41, 5.74) is 3.28. The van der Waals surface area contributed by atoms with Crippen molar-refractivity contribution in [3.63, 3.8) is 0 Å². The number of hydrogen-bond donors (Lipinski definition) is 0. The Morgan fingerprint density at radius 1 is 1.29 bits per heavy atom. The molecule has 0 aromatic carbocycles. The fourth-order valence-corrected chi connectivity index (χ4v) is 3.78. The minimum atomic E-state index is 0.627. The highest BCUT2D eigenvalue weighted by Gasteiger charge is 2.20. The van der Waals surface area contributed by atoms with Gasteiger partial charge < -0.3 is 4.57 Å². The summed E-state index contributed by atoms with van der Waals surface area (Å²) < 4.78 is 4.46. The summed E-state index contributed by atoms with van der Waals surface area (Å²) in [6, 6.07) is 0. The number of hydrogen-bond acceptors (Lipinski definition) is 2. The highest BCUT2D eigenvalue weighted by atomic mass is 35.5. The van der Waals surface area contributed by atoms with Crippen molar-refractivity contribution in [2.24, 2.45) is 5.92 Å². The van der Waals surface area contributed by atoms with E-state index < -0.39 is 0 Å². The maximum atomic E-state index is 5.97. The molecule has 2 heterocycles. The van der Waals surface area contributed by atoms with E-state index in [2.05, 4.69) is 21.3 Å². The summed E-state index contributed by atoms with van der Waals surface area (Å²) in [6.07, 6.45) is 7.71. The van der Waals surface area contributed by atoms with Crippen LogP contribution in [0, 0.1) is 12.8 Å². The summed E-state index contributed by atoms with van der Waals surface area (Å²) in [7, 11) is 0. The van der Waals surface area contributed by atoms with E-state index in [0.717, 1.165) is 42.5 Å². The van der Waals surface area contributed by atoms with Crippen LogP contribution in [0.1, 0.15) is 50.5 Å². The number of aryl methyl sites for hydroxylation is 4. The van der Waals surface area contributed by atoms with Crippen molar-refractivity contribution in [1.82, 2.24) is 19.3 Å². The Labute approximate surface area is 131 Å². The molecule has 2 aromatic rings. The van der Waals surface area contributed by atoms with E-state index in [1.807, 2.05) is 6.92 Å². The fourth-order valence-electron chi connectivity index (χ4n) is 3.61. The number of alkyl halides is 1. The van der Waals surface area contributed by atoms with Crippen LogP contribution in [0.2, 0.25) is 0 Å². The Hall–Kier alpha value is -1.03. The first-order valence-corrected chi connectivity index (χ1v) is 8.76. The fraction of sp³-hybridized carbons (Fsp3) is 0.750. The largest absolute Gasteiger partial charge is 0.313 e. The number of halogens is 1. The third kappa shape index (κ3) is 2.83. The molecule has 116 valence electrons. The third-order valence-corrected chi connectivity index (χ3v) is 4.92. The van der Waals surface area contributed by atoms with E-state index in [1.54, 1.807) is 0 Å². The minimum absolute atomic E-state index is 0.627. The number of nitrogens with zero attached hydrogens (tertiary/aromatic N) is 4. The van der Waals surface area contributed by atoms with Crippen LogP contribution in [-0.2, 0) is 19.5 Å². The maximum absolute atomic E-state index is 5.97. The summed E-state index contributed by atoms with van der Waals surface area (Å²) in [4.78, 5) is 4.81. The molecule has 0 unspecified atom stereocenters. The van der Waals surface area contributed by atoms with Crippen molar-refractivity contribution in [2.45, 2.75) is 65.5 Å². The Bertz CT molecular complexity index is 607. The molecule has 0 spiro atoms. The SMILES string of the molecule is CCn1nc(C)c2nc(CCCl)n(CCC3CCCC3)c21. The average molecular weight is 309 g/mol. The number of imidazole rings is 1. The van der Waals surface area contributed by atoms with E-state index in [-0.39, 0.29) is 0 Å². The van der Waals surface area contributed by atoms with Crippen LogP contribution in [0.5, 0.6) is 0 Å². The van der Waals surface area contributed by atoms with Gasteiger partial charge in [0.15, 0.2) is 5.65 Å². The quantitative estimate of drug-likeness (QED) is 0.758. The molecule has 0 amide bonds. The van der Waals surface area contributed by atoms with Gasteiger partial charge in [-0.05, 0) is 26.2 Å². The molecule has 1 aliphatic carbocycles. The molecule has 1 saturated carbocycles. The van der Waals surface area contributed by atoms with Crippen LogP contribution in [-0.4, -0.2) is 25.2 Å². The predicted molar refractivity (Wildman–Crippen MR) is 86.9 cm³/mol. The van der Waals surface area contributed by atoms with Gasteiger partial charge in [0.2, 0.25) is 0 Å². The summed E-state index contributed by atoms with van der Waals surface area (Å²) in [5, 5.41) is 4.61. The summed E-state index contributed by atoms with van der Waals surface area (Å²) in [5.74, 6) is 2.65. The molecule has 21 heavy (non-hydrogen) atoms. The van der Waals surface area contributed by atoms with Gasteiger partial charge in [-0.1, -0.05) is 25.7 Å². The van der Waals surface area contributed by atoms with Crippen molar-refractivity contribution in [2.75, 3.05) is 5.88 Å². The zero-order chi connectivity index (χ0) is 14.8. The van der Waals surface area contributed by atoms with Crippen LogP contribution >= 0.6 is 11.6 Å². The molecule has 1 fully saturated rings. The van der Waals surface area contributed by atoms with Crippen LogP contribution in [0.25, 0.3) is 11.2 Å². The molecule has 2 aromatic heterocycles. The van der Waals surface area contributed by atoms with E-state index in [9.17, 15) is 0 Å². The van der Waals surface area contributed by atoms with Gasteiger partial charge in [0.1, 0.15) is 11.3 Å². The molecular formula is C16H25ClN4. The molecule has 0 aliphatic heterocycles. The molecule has 5 heteroatoms. The Morgan fingerprint density at radius 2 is 2.05 bits per heavy atom. The molecule has 4 nitrogen and oxygen atoms in total. The Balaban J connectivity index is 1.93. The van der Waals surface area contributed by atoms with E-state index >= 15 is 0 Å². The monoisotopic (exact) mass is 308 g/mol. The van der Waals surface area contributed by atoms with E-state index in [1.165, 1.54) is 37.8 Å². The zero-order valence-corrected chi connectivity index (χ0v) is 13.9. The van der Waals surface area contributed by atoms with Crippen molar-refractivity contribution >= 4 is 22.8 Å². The van der Waals surface area contributed by atoms with E-state index in [0.29, 0.717) is 5.88 Å². The van der Waals surface area contributed by atoms with Gasteiger partial charge in [0.05, 0.1) is 5.69 Å². The van der Waals surface area contributed by atoms with Crippen molar-refractivity contribution < 1.29 is 0 Å². The van der Waals surface area contributed by atoms with Crippen molar-refractivity contribution in [3.8, 4) is 0 Å². The lowest BCUT2D eigenvalue weighted by atomic mass is 10.0. The Morgan fingerprint density at radius 3 is 2.71 bits per heavy atom. The van der Waals surface area contributed by atoms with Gasteiger partial charge in [0, 0.05) is 25.4 Å². The number of fused-ring (bicyclic) bond motifs is 1. The number of rotatable bonds is 6. The molecule has 3 rings (SSSR count). The lowest BCUT2D eigenvalue weighted by molar-refractivity contribution is 0.452. The first-order valence-electron chi connectivity index (χ1n) is 8.23. The van der Waals surface area contributed by atoms with E-state index in [4.69, 9.17) is 16.6 Å². The second-order valence-electron chi connectivity index (χ2n) is 6.13. The van der Waals surface area contributed by atoms with Crippen molar-refractivity contribution in [1.29, 1.82) is 0 Å². The Kier molecular flexibility index (Phi) is 4.53. The molecular weight excluding hydrogens is 284 g/mol. The molecule has 0 N–H and O–H groups in total. The lowest BCUT2D eigenvalue weighted by Gasteiger charge is -2.13. The lowest BCUT2D eigenvalue weighted by Crippen LogP contribution is -2.11. The third-order valence-electron chi connectivity index (χ3n) is 4.73. The smallest absolute Gasteiger partial charge is 0.158 e. The van der Waals surface area contributed by atoms with Gasteiger partial charge in [-0.2, -0.15) is 5.10 Å². The second-order valence-corrected chi connectivity index (χ2v) is 6.51. The van der Waals surface area contributed by atoms with Gasteiger partial charge >= 0.3 is 0 Å². The van der Waals surface area contributed by atoms with Gasteiger partial charge in [-0.25, -0.2) is 9.67 Å². The number of aromatic nitrogens is 4. The zero-order valence-electron chi connectivity index (χ0n) is 13.1. The molecule has 0 saturated heterocycles. The summed E-state index contributed by atoms with van der Waals surface area (Å²) in [6.45, 7) is 6.13. The van der Waals surface area contributed by atoms with Crippen molar-refractivity contribution in [3.05, 3.63) is 11.5 Å². The first kappa shape index (κ1) is 14.9. The molecule has 0 bridgehead atoms. The van der Waals surface area contributed by atoms with Gasteiger partial charge in [-0.15, -0.1) is 11.6 Å². The minimum Gasteiger partial charge on any atom is -0.313 e.